The van der Waals surface area contributed by atoms with Crippen LogP contribution in [0.1, 0.15) is 33.3 Å². The van der Waals surface area contributed by atoms with Crippen LogP contribution in [-0.2, 0) is 4.74 Å². The minimum atomic E-state index is -1.08. The van der Waals surface area contributed by atoms with Crippen molar-refractivity contribution in [2.24, 2.45) is 0 Å². The maximum atomic E-state index is 11.8. The maximum absolute atomic E-state index is 11.8. The van der Waals surface area contributed by atoms with Gasteiger partial charge in [-0.3, -0.25) is 0 Å². The molecule has 0 unspecified atom stereocenters. The third-order valence-corrected chi connectivity index (χ3v) is 2.63. The number of nitrogens with zero attached hydrogens (tertiary/aromatic N) is 3. The van der Waals surface area contributed by atoms with Gasteiger partial charge in [0.15, 0.2) is 5.82 Å². The van der Waals surface area contributed by atoms with Crippen molar-refractivity contribution in [2.45, 2.75) is 13.8 Å². The zero-order valence-electron chi connectivity index (χ0n) is 11.0. The van der Waals surface area contributed by atoms with E-state index in [0.717, 1.165) is 0 Å². The molecule has 7 nitrogen and oxygen atoms in total. The van der Waals surface area contributed by atoms with E-state index in [1.54, 1.807) is 26.0 Å². The summed E-state index contributed by atoms with van der Waals surface area (Å²) in [6, 6.07) is 3.15. The highest BCUT2D eigenvalue weighted by Crippen LogP contribution is 2.15. The number of hydrogen-bond acceptors (Lipinski definition) is 5. The van der Waals surface area contributed by atoms with Crippen LogP contribution in [0.2, 0.25) is 0 Å². The number of hydrogen-bond donors (Lipinski definition) is 1. The number of aryl methyl sites for hydroxylation is 1. The SMILES string of the molecule is CCOC(=O)c1cccnc1-n1cc(C(=O)O)c(C)n1. The first-order valence-corrected chi connectivity index (χ1v) is 5.96. The van der Waals surface area contributed by atoms with Crippen molar-refractivity contribution in [3.05, 3.63) is 41.3 Å². The van der Waals surface area contributed by atoms with Gasteiger partial charge in [0, 0.05) is 12.4 Å². The maximum Gasteiger partial charge on any atom is 0.341 e. The van der Waals surface area contributed by atoms with Gasteiger partial charge in [-0.1, -0.05) is 0 Å². The van der Waals surface area contributed by atoms with E-state index in [1.165, 1.54) is 17.1 Å². The van der Waals surface area contributed by atoms with Crippen molar-refractivity contribution in [3.63, 3.8) is 0 Å². The van der Waals surface area contributed by atoms with E-state index in [1.807, 2.05) is 0 Å². The van der Waals surface area contributed by atoms with Gasteiger partial charge in [0.05, 0.1) is 12.3 Å². The lowest BCUT2D eigenvalue weighted by Crippen LogP contribution is -2.11. The van der Waals surface area contributed by atoms with Gasteiger partial charge in [0.2, 0.25) is 0 Å². The van der Waals surface area contributed by atoms with Crippen LogP contribution >= 0.6 is 0 Å². The Hall–Kier alpha value is -2.70. The smallest absolute Gasteiger partial charge is 0.341 e. The van der Waals surface area contributed by atoms with Gasteiger partial charge >= 0.3 is 11.9 Å². The summed E-state index contributed by atoms with van der Waals surface area (Å²) in [6.45, 7) is 3.52. The van der Waals surface area contributed by atoms with Gasteiger partial charge in [-0.05, 0) is 26.0 Å². The number of aromatic nitrogens is 3. The van der Waals surface area contributed by atoms with Gasteiger partial charge in [0.1, 0.15) is 11.1 Å². The Morgan fingerprint density at radius 3 is 2.75 bits per heavy atom. The van der Waals surface area contributed by atoms with E-state index in [4.69, 9.17) is 9.84 Å². The molecule has 0 amide bonds. The molecule has 7 heteroatoms. The van der Waals surface area contributed by atoms with Gasteiger partial charge in [-0.25, -0.2) is 19.3 Å². The molecule has 0 fully saturated rings. The first kappa shape index (κ1) is 13.7. The van der Waals surface area contributed by atoms with E-state index in [-0.39, 0.29) is 23.6 Å². The molecular formula is C13H13N3O4. The molecular weight excluding hydrogens is 262 g/mol. The summed E-state index contributed by atoms with van der Waals surface area (Å²) < 4.78 is 6.21. The zero-order chi connectivity index (χ0) is 14.7. The second kappa shape index (κ2) is 5.52. The standard InChI is InChI=1S/C13H13N3O4/c1-3-20-13(19)9-5-4-6-14-11(9)16-7-10(12(17)18)8(2)15-16/h4-7H,3H2,1-2H3,(H,17,18). The Labute approximate surface area is 114 Å². The molecule has 0 aromatic carbocycles. The summed E-state index contributed by atoms with van der Waals surface area (Å²) in [6.07, 6.45) is 2.82. The first-order valence-electron chi connectivity index (χ1n) is 5.96. The summed E-state index contributed by atoms with van der Waals surface area (Å²) in [5.41, 5.74) is 0.636. The van der Waals surface area contributed by atoms with Crippen LogP contribution in [-0.4, -0.2) is 38.4 Å². The molecule has 1 N–H and O–H groups in total. The van der Waals surface area contributed by atoms with Crippen molar-refractivity contribution >= 4 is 11.9 Å². The topological polar surface area (TPSA) is 94.3 Å². The van der Waals surface area contributed by atoms with Crippen LogP contribution in [0.5, 0.6) is 0 Å². The number of esters is 1. The predicted octanol–water partition coefficient (Wildman–Crippen LogP) is 1.45. The Morgan fingerprint density at radius 2 is 2.15 bits per heavy atom. The molecule has 2 heterocycles. The van der Waals surface area contributed by atoms with Crippen LogP contribution in [0.15, 0.2) is 24.5 Å². The molecule has 0 aliphatic rings. The normalized spacial score (nSPS) is 10.3. The third-order valence-electron chi connectivity index (χ3n) is 2.63. The van der Waals surface area contributed by atoms with Gasteiger partial charge in [0.25, 0.3) is 0 Å². The van der Waals surface area contributed by atoms with E-state index in [0.29, 0.717) is 5.69 Å². The molecule has 0 saturated heterocycles. The lowest BCUT2D eigenvalue weighted by Gasteiger charge is -2.07. The highest BCUT2D eigenvalue weighted by Gasteiger charge is 2.18. The summed E-state index contributed by atoms with van der Waals surface area (Å²) in [5.74, 6) is -1.37. The van der Waals surface area contributed by atoms with Crippen molar-refractivity contribution in [1.82, 2.24) is 14.8 Å². The Kier molecular flexibility index (Phi) is 3.79. The molecule has 20 heavy (non-hydrogen) atoms. The quantitative estimate of drug-likeness (QED) is 0.849. The Morgan fingerprint density at radius 1 is 1.40 bits per heavy atom. The zero-order valence-corrected chi connectivity index (χ0v) is 11.0. The number of carbonyl (C=O) groups is 2. The average molecular weight is 275 g/mol. The average Bonchev–Trinajstić information content (AvgIpc) is 2.81. The minimum Gasteiger partial charge on any atom is -0.478 e. The van der Waals surface area contributed by atoms with E-state index in [2.05, 4.69) is 10.1 Å². The van der Waals surface area contributed by atoms with Crippen LogP contribution in [0.3, 0.4) is 0 Å². The molecule has 0 atom stereocenters. The number of carboxylic acid groups (broad SMARTS) is 1. The molecule has 2 rings (SSSR count). The van der Waals surface area contributed by atoms with E-state index < -0.39 is 11.9 Å². The monoisotopic (exact) mass is 275 g/mol. The fourth-order valence-electron chi connectivity index (χ4n) is 1.73. The lowest BCUT2D eigenvalue weighted by molar-refractivity contribution is 0.0525. The van der Waals surface area contributed by atoms with Crippen molar-refractivity contribution in [2.75, 3.05) is 6.61 Å². The summed E-state index contributed by atoms with van der Waals surface area (Å²) in [7, 11) is 0. The first-order chi connectivity index (χ1) is 9.54. The second-order valence-electron chi connectivity index (χ2n) is 3.97. The van der Waals surface area contributed by atoms with Crippen molar-refractivity contribution < 1.29 is 19.4 Å². The molecule has 0 aliphatic heterocycles. The number of aromatic carboxylic acids is 1. The molecule has 0 saturated carbocycles. The Balaban J connectivity index is 2.50. The van der Waals surface area contributed by atoms with Crippen LogP contribution in [0.4, 0.5) is 0 Å². The number of carboxylic acids is 1. The largest absolute Gasteiger partial charge is 0.478 e. The molecule has 0 bridgehead atoms. The Bertz CT molecular complexity index is 663. The molecule has 0 radical (unpaired) electrons. The van der Waals surface area contributed by atoms with Gasteiger partial charge < -0.3 is 9.84 Å². The molecule has 0 spiro atoms. The van der Waals surface area contributed by atoms with Crippen LogP contribution in [0, 0.1) is 6.92 Å². The number of ether oxygens (including phenoxy) is 1. The summed E-state index contributed by atoms with van der Waals surface area (Å²) in [5, 5.41) is 13.1. The number of carbonyl (C=O) groups excluding carboxylic acids is 1. The third kappa shape index (κ3) is 2.51. The second-order valence-corrected chi connectivity index (χ2v) is 3.97. The van der Waals surface area contributed by atoms with Crippen LogP contribution in [0.25, 0.3) is 5.82 Å². The molecule has 2 aromatic heterocycles. The van der Waals surface area contributed by atoms with E-state index in [9.17, 15) is 9.59 Å². The molecule has 0 aliphatic carbocycles. The summed E-state index contributed by atoms with van der Waals surface area (Å²) in [4.78, 5) is 26.9. The number of pyridine rings is 1. The van der Waals surface area contributed by atoms with Gasteiger partial charge in [-0.2, -0.15) is 5.10 Å². The summed E-state index contributed by atoms with van der Waals surface area (Å²) >= 11 is 0. The highest BCUT2D eigenvalue weighted by molar-refractivity contribution is 5.93. The fraction of sp³-hybridized carbons (Fsp3) is 0.231. The lowest BCUT2D eigenvalue weighted by atomic mass is 10.2. The highest BCUT2D eigenvalue weighted by atomic mass is 16.5. The minimum absolute atomic E-state index is 0.0606. The molecule has 2 aromatic rings. The van der Waals surface area contributed by atoms with E-state index >= 15 is 0 Å². The predicted molar refractivity (Wildman–Crippen MR) is 69.0 cm³/mol. The van der Waals surface area contributed by atoms with Gasteiger partial charge in [-0.15, -0.1) is 0 Å². The molecule has 104 valence electrons. The van der Waals surface area contributed by atoms with Crippen molar-refractivity contribution in [1.29, 1.82) is 0 Å². The van der Waals surface area contributed by atoms with Crippen molar-refractivity contribution in [3.8, 4) is 5.82 Å². The van der Waals surface area contributed by atoms with Crippen LogP contribution < -0.4 is 0 Å². The fourth-order valence-corrected chi connectivity index (χ4v) is 1.73. The number of rotatable bonds is 4.